The summed E-state index contributed by atoms with van der Waals surface area (Å²) in [7, 11) is 3.22. The van der Waals surface area contributed by atoms with Gasteiger partial charge in [0, 0.05) is 16.3 Å². The molecule has 0 unspecified atom stereocenters. The molecule has 8 heteroatoms. The number of fused-ring (bicyclic) bond motifs is 1. The number of ether oxygens (including phenoxy) is 2. The largest absolute Gasteiger partial charge is 0.493 e. The van der Waals surface area contributed by atoms with E-state index in [2.05, 4.69) is 26.9 Å². The van der Waals surface area contributed by atoms with Crippen LogP contribution in [0.2, 0.25) is 5.02 Å². The molecule has 1 N–H and O–H groups in total. The molecule has 132 valence electrons. The monoisotopic (exact) mass is 369 g/mol. The fourth-order valence-corrected chi connectivity index (χ4v) is 3.05. The minimum absolute atomic E-state index is 0.151. The van der Waals surface area contributed by atoms with Crippen LogP contribution in [0.4, 0.5) is 5.95 Å². The molecule has 0 saturated heterocycles. The molecular weight excluding hydrogens is 354 g/mol. The van der Waals surface area contributed by atoms with Gasteiger partial charge in [0.25, 0.3) is 0 Å². The summed E-state index contributed by atoms with van der Waals surface area (Å²) in [4.78, 5) is 0. The number of hydrogen-bond acceptors (Lipinski definition) is 6. The first kappa shape index (κ1) is 16.4. The topological polar surface area (TPSA) is 74.1 Å². The fraction of sp³-hybridized carbons (Fsp3) is 0.167. The van der Waals surface area contributed by atoms with Crippen LogP contribution in [0.3, 0.4) is 0 Å². The normalized spacial score (nSPS) is 15.7. The van der Waals surface area contributed by atoms with E-state index in [0.717, 1.165) is 16.8 Å². The molecule has 0 spiro atoms. The van der Waals surface area contributed by atoms with Gasteiger partial charge >= 0.3 is 0 Å². The van der Waals surface area contributed by atoms with Crippen molar-refractivity contribution in [2.75, 3.05) is 19.5 Å². The maximum Gasteiger partial charge on any atom is 0.248 e. The summed E-state index contributed by atoms with van der Waals surface area (Å²) in [6, 6.07) is 13.2. The standard InChI is InChI=1S/C18H16ClN5O2/c1-25-16-8-5-12(9-17(16)26-2)14-10-15(11-3-6-13(19)7-4-11)24-18(20-14)21-22-23-24/h3-10,15H,1-2H3,(H,20,21,23)/t15-/m1/s1. The maximum atomic E-state index is 6.02. The second kappa shape index (κ2) is 6.68. The number of halogens is 1. The molecule has 1 aliphatic heterocycles. The summed E-state index contributed by atoms with van der Waals surface area (Å²) in [6.07, 6.45) is 2.06. The van der Waals surface area contributed by atoms with Crippen LogP contribution in [0.1, 0.15) is 17.2 Å². The Morgan fingerprint density at radius 2 is 1.81 bits per heavy atom. The first-order valence-electron chi connectivity index (χ1n) is 7.94. The zero-order chi connectivity index (χ0) is 18.1. The highest BCUT2D eigenvalue weighted by Gasteiger charge is 2.24. The summed E-state index contributed by atoms with van der Waals surface area (Å²) in [6.45, 7) is 0. The molecule has 26 heavy (non-hydrogen) atoms. The van der Waals surface area contributed by atoms with Gasteiger partial charge in [0.1, 0.15) is 6.04 Å². The average molecular weight is 370 g/mol. The predicted molar refractivity (Wildman–Crippen MR) is 98.6 cm³/mol. The van der Waals surface area contributed by atoms with E-state index < -0.39 is 0 Å². The van der Waals surface area contributed by atoms with Gasteiger partial charge < -0.3 is 14.8 Å². The molecule has 0 fully saturated rings. The van der Waals surface area contributed by atoms with Crippen molar-refractivity contribution in [2.45, 2.75) is 6.04 Å². The van der Waals surface area contributed by atoms with E-state index in [1.54, 1.807) is 18.9 Å². The van der Waals surface area contributed by atoms with Crippen LogP contribution in [0, 0.1) is 0 Å². The lowest BCUT2D eigenvalue weighted by Gasteiger charge is -2.24. The Hall–Kier alpha value is -3.06. The van der Waals surface area contributed by atoms with Gasteiger partial charge in [0.05, 0.1) is 14.2 Å². The number of nitrogens with one attached hydrogen (secondary N) is 1. The van der Waals surface area contributed by atoms with Gasteiger partial charge in [-0.1, -0.05) is 28.8 Å². The Bertz CT molecular complexity index is 968. The van der Waals surface area contributed by atoms with Crippen LogP contribution >= 0.6 is 11.6 Å². The zero-order valence-electron chi connectivity index (χ0n) is 14.2. The van der Waals surface area contributed by atoms with Gasteiger partial charge in [-0.15, -0.1) is 0 Å². The lowest BCUT2D eigenvalue weighted by Crippen LogP contribution is -2.20. The number of benzene rings is 2. The van der Waals surface area contributed by atoms with Crippen molar-refractivity contribution in [2.24, 2.45) is 0 Å². The molecule has 0 bridgehead atoms. The molecule has 3 aromatic rings. The number of nitrogens with zero attached hydrogens (tertiary/aromatic N) is 4. The summed E-state index contributed by atoms with van der Waals surface area (Å²) >= 11 is 6.02. The van der Waals surface area contributed by atoms with Crippen molar-refractivity contribution in [3.63, 3.8) is 0 Å². The van der Waals surface area contributed by atoms with Crippen LogP contribution in [0.15, 0.2) is 48.5 Å². The number of methoxy groups -OCH3 is 2. The summed E-state index contributed by atoms with van der Waals surface area (Å²) < 4.78 is 12.4. The number of tetrazole rings is 1. The van der Waals surface area contributed by atoms with E-state index in [1.807, 2.05) is 42.5 Å². The van der Waals surface area contributed by atoms with Gasteiger partial charge in [-0.25, -0.2) is 0 Å². The molecule has 1 aromatic heterocycles. The maximum absolute atomic E-state index is 6.02. The molecule has 0 saturated carbocycles. The molecule has 4 rings (SSSR count). The smallest absolute Gasteiger partial charge is 0.248 e. The zero-order valence-corrected chi connectivity index (χ0v) is 14.9. The van der Waals surface area contributed by atoms with E-state index in [9.17, 15) is 0 Å². The molecule has 1 aliphatic rings. The van der Waals surface area contributed by atoms with Gasteiger partial charge in [-0.05, 0) is 52.4 Å². The molecule has 2 aromatic carbocycles. The summed E-state index contributed by atoms with van der Waals surface area (Å²) in [5, 5.41) is 15.9. The van der Waals surface area contributed by atoms with Crippen molar-refractivity contribution in [1.29, 1.82) is 0 Å². The lowest BCUT2D eigenvalue weighted by atomic mass is 10.0. The molecule has 0 aliphatic carbocycles. The Kier molecular flexibility index (Phi) is 4.22. The molecular formula is C18H16ClN5O2. The predicted octanol–water partition coefficient (Wildman–Crippen LogP) is 3.40. The second-order valence-corrected chi connectivity index (χ2v) is 6.15. The minimum Gasteiger partial charge on any atom is -0.493 e. The second-order valence-electron chi connectivity index (χ2n) is 5.72. The van der Waals surface area contributed by atoms with Crippen LogP contribution in [-0.4, -0.2) is 34.4 Å². The minimum atomic E-state index is -0.151. The Morgan fingerprint density at radius 3 is 2.54 bits per heavy atom. The Labute approximate surface area is 155 Å². The Morgan fingerprint density at radius 1 is 1.04 bits per heavy atom. The molecule has 7 nitrogen and oxygen atoms in total. The quantitative estimate of drug-likeness (QED) is 0.759. The van der Waals surface area contributed by atoms with Crippen molar-refractivity contribution < 1.29 is 9.47 Å². The molecule has 2 heterocycles. The third kappa shape index (κ3) is 2.86. The van der Waals surface area contributed by atoms with Crippen LogP contribution in [0.25, 0.3) is 5.70 Å². The van der Waals surface area contributed by atoms with Gasteiger partial charge in [-0.3, -0.25) is 0 Å². The average Bonchev–Trinajstić information content (AvgIpc) is 3.16. The highest BCUT2D eigenvalue weighted by atomic mass is 35.5. The fourth-order valence-electron chi connectivity index (χ4n) is 2.92. The van der Waals surface area contributed by atoms with Crippen molar-refractivity contribution in [3.8, 4) is 11.5 Å². The van der Waals surface area contributed by atoms with Crippen molar-refractivity contribution in [3.05, 3.63) is 64.7 Å². The van der Waals surface area contributed by atoms with E-state index in [0.29, 0.717) is 22.5 Å². The van der Waals surface area contributed by atoms with Crippen molar-refractivity contribution in [1.82, 2.24) is 20.2 Å². The van der Waals surface area contributed by atoms with E-state index in [1.165, 1.54) is 0 Å². The van der Waals surface area contributed by atoms with E-state index in [-0.39, 0.29) is 6.04 Å². The highest BCUT2D eigenvalue weighted by Crippen LogP contribution is 2.35. The molecule has 0 radical (unpaired) electrons. The lowest BCUT2D eigenvalue weighted by molar-refractivity contribution is 0.355. The van der Waals surface area contributed by atoms with E-state index in [4.69, 9.17) is 21.1 Å². The van der Waals surface area contributed by atoms with Crippen LogP contribution in [-0.2, 0) is 0 Å². The highest BCUT2D eigenvalue weighted by molar-refractivity contribution is 6.30. The number of rotatable bonds is 4. The Balaban J connectivity index is 1.78. The number of hydrogen-bond donors (Lipinski definition) is 1. The van der Waals surface area contributed by atoms with Gasteiger partial charge in [-0.2, -0.15) is 4.68 Å². The van der Waals surface area contributed by atoms with Crippen LogP contribution in [0.5, 0.6) is 11.5 Å². The number of aromatic nitrogens is 4. The summed E-state index contributed by atoms with van der Waals surface area (Å²) in [5.41, 5.74) is 2.85. The molecule has 1 atom stereocenters. The van der Waals surface area contributed by atoms with E-state index >= 15 is 0 Å². The third-order valence-corrected chi connectivity index (χ3v) is 4.49. The van der Waals surface area contributed by atoms with Gasteiger partial charge in [0.15, 0.2) is 11.5 Å². The molecule has 0 amide bonds. The number of allylic oxidation sites excluding steroid dienone is 1. The van der Waals surface area contributed by atoms with Gasteiger partial charge in [0.2, 0.25) is 5.95 Å². The summed E-state index contributed by atoms with van der Waals surface area (Å²) in [5.74, 6) is 1.89. The first-order valence-corrected chi connectivity index (χ1v) is 8.32. The number of anilines is 1. The van der Waals surface area contributed by atoms with Crippen molar-refractivity contribution >= 4 is 23.2 Å². The first-order chi connectivity index (χ1) is 12.7. The van der Waals surface area contributed by atoms with Crippen LogP contribution < -0.4 is 14.8 Å². The third-order valence-electron chi connectivity index (χ3n) is 4.23. The SMILES string of the molecule is COc1ccc(C2=C[C@H](c3ccc(Cl)cc3)n3nnnc3N2)cc1OC.